The fraction of sp³-hybridized carbons (Fsp3) is 0.412. The van der Waals surface area contributed by atoms with Gasteiger partial charge in [-0.3, -0.25) is 9.48 Å². The van der Waals surface area contributed by atoms with Crippen molar-refractivity contribution in [1.29, 1.82) is 0 Å². The SMILES string of the molecule is COCC(C)NC(=O)c1c(C)nn(Cc2ccccc2)c1C. The van der Waals surface area contributed by atoms with Gasteiger partial charge in [0.25, 0.3) is 5.91 Å². The van der Waals surface area contributed by atoms with Crippen LogP contribution in [0.2, 0.25) is 0 Å². The van der Waals surface area contributed by atoms with Crippen molar-refractivity contribution in [3.63, 3.8) is 0 Å². The zero-order chi connectivity index (χ0) is 16.1. The lowest BCUT2D eigenvalue weighted by atomic mass is 10.1. The highest BCUT2D eigenvalue weighted by atomic mass is 16.5. The number of carbonyl (C=O) groups excluding carboxylic acids is 1. The third-order valence-corrected chi connectivity index (χ3v) is 3.58. The van der Waals surface area contributed by atoms with Crippen molar-refractivity contribution in [3.8, 4) is 0 Å². The van der Waals surface area contributed by atoms with E-state index < -0.39 is 0 Å². The molecule has 0 saturated carbocycles. The maximum Gasteiger partial charge on any atom is 0.255 e. The number of benzene rings is 1. The van der Waals surface area contributed by atoms with Gasteiger partial charge in [0.15, 0.2) is 0 Å². The van der Waals surface area contributed by atoms with Crippen molar-refractivity contribution >= 4 is 5.91 Å². The first-order chi connectivity index (χ1) is 10.5. The highest BCUT2D eigenvalue weighted by Crippen LogP contribution is 2.15. The van der Waals surface area contributed by atoms with E-state index in [0.717, 1.165) is 17.0 Å². The van der Waals surface area contributed by atoms with Crippen molar-refractivity contribution < 1.29 is 9.53 Å². The van der Waals surface area contributed by atoms with E-state index in [2.05, 4.69) is 22.5 Å². The van der Waals surface area contributed by atoms with Gasteiger partial charge in [0.05, 0.1) is 24.4 Å². The summed E-state index contributed by atoms with van der Waals surface area (Å²) in [7, 11) is 1.62. The van der Waals surface area contributed by atoms with Crippen LogP contribution in [-0.2, 0) is 11.3 Å². The van der Waals surface area contributed by atoms with Crippen molar-refractivity contribution in [2.45, 2.75) is 33.4 Å². The number of ether oxygens (including phenoxy) is 1. The summed E-state index contributed by atoms with van der Waals surface area (Å²) in [5, 5.41) is 7.44. The number of hydrogen-bond acceptors (Lipinski definition) is 3. The number of nitrogens with zero attached hydrogens (tertiary/aromatic N) is 2. The Labute approximate surface area is 131 Å². The Morgan fingerprint density at radius 3 is 2.64 bits per heavy atom. The molecule has 5 heteroatoms. The highest BCUT2D eigenvalue weighted by molar-refractivity contribution is 5.96. The van der Waals surface area contributed by atoms with Crippen LogP contribution in [0.4, 0.5) is 0 Å². The molecule has 0 aliphatic heterocycles. The van der Waals surface area contributed by atoms with Gasteiger partial charge in [-0.25, -0.2) is 0 Å². The Balaban J connectivity index is 2.18. The van der Waals surface area contributed by atoms with E-state index in [0.29, 0.717) is 18.7 Å². The fourth-order valence-corrected chi connectivity index (χ4v) is 2.52. The number of aromatic nitrogens is 2. The molecule has 1 N–H and O–H groups in total. The summed E-state index contributed by atoms with van der Waals surface area (Å²) in [6.45, 7) is 6.86. The smallest absolute Gasteiger partial charge is 0.255 e. The molecule has 22 heavy (non-hydrogen) atoms. The zero-order valence-electron chi connectivity index (χ0n) is 13.6. The lowest BCUT2D eigenvalue weighted by molar-refractivity contribution is 0.0904. The third-order valence-electron chi connectivity index (χ3n) is 3.58. The summed E-state index contributed by atoms with van der Waals surface area (Å²) in [5.74, 6) is -0.0983. The molecule has 2 aromatic rings. The molecule has 118 valence electrons. The number of hydrogen-bond donors (Lipinski definition) is 1. The fourth-order valence-electron chi connectivity index (χ4n) is 2.52. The van der Waals surface area contributed by atoms with Crippen molar-refractivity contribution in [1.82, 2.24) is 15.1 Å². The Bertz CT molecular complexity index is 635. The second-order valence-electron chi connectivity index (χ2n) is 5.52. The summed E-state index contributed by atoms with van der Waals surface area (Å²) < 4.78 is 6.93. The quantitative estimate of drug-likeness (QED) is 0.891. The van der Waals surface area contributed by atoms with Crippen molar-refractivity contribution in [3.05, 3.63) is 52.8 Å². The molecule has 1 heterocycles. The van der Waals surface area contributed by atoms with Gasteiger partial charge in [-0.15, -0.1) is 0 Å². The van der Waals surface area contributed by atoms with Crippen LogP contribution in [0.5, 0.6) is 0 Å². The average Bonchev–Trinajstić information content (AvgIpc) is 2.74. The van der Waals surface area contributed by atoms with Crippen LogP contribution < -0.4 is 5.32 Å². The molecule has 1 aromatic carbocycles. The highest BCUT2D eigenvalue weighted by Gasteiger charge is 2.20. The summed E-state index contributed by atoms with van der Waals surface area (Å²) in [6.07, 6.45) is 0. The van der Waals surface area contributed by atoms with Gasteiger partial charge < -0.3 is 10.1 Å². The largest absolute Gasteiger partial charge is 0.383 e. The molecule has 1 atom stereocenters. The van der Waals surface area contributed by atoms with Gasteiger partial charge in [0, 0.05) is 18.8 Å². The van der Waals surface area contributed by atoms with Crippen LogP contribution in [0.25, 0.3) is 0 Å². The number of rotatable bonds is 6. The summed E-state index contributed by atoms with van der Waals surface area (Å²) in [5.41, 5.74) is 3.44. The first-order valence-electron chi connectivity index (χ1n) is 7.40. The third kappa shape index (κ3) is 3.74. The van der Waals surface area contributed by atoms with Gasteiger partial charge in [-0.1, -0.05) is 30.3 Å². The van der Waals surface area contributed by atoms with Gasteiger partial charge >= 0.3 is 0 Å². The van der Waals surface area contributed by atoms with Crippen LogP contribution in [-0.4, -0.2) is 35.4 Å². The van der Waals surface area contributed by atoms with E-state index in [9.17, 15) is 4.79 Å². The molecule has 0 bridgehead atoms. The molecular formula is C17H23N3O2. The number of amides is 1. The number of nitrogens with one attached hydrogen (secondary N) is 1. The van der Waals surface area contributed by atoms with Crippen LogP contribution >= 0.6 is 0 Å². The molecule has 5 nitrogen and oxygen atoms in total. The molecule has 0 radical (unpaired) electrons. The maximum absolute atomic E-state index is 12.4. The monoisotopic (exact) mass is 301 g/mol. The predicted molar refractivity (Wildman–Crippen MR) is 86.0 cm³/mol. The summed E-state index contributed by atoms with van der Waals surface area (Å²) in [4.78, 5) is 12.4. The average molecular weight is 301 g/mol. The van der Waals surface area contributed by atoms with E-state index in [4.69, 9.17) is 4.74 Å². The molecule has 0 spiro atoms. The molecule has 0 fully saturated rings. The molecule has 0 saturated heterocycles. The van der Waals surface area contributed by atoms with Crippen LogP contribution in [0.15, 0.2) is 30.3 Å². The molecule has 1 unspecified atom stereocenters. The summed E-state index contributed by atoms with van der Waals surface area (Å²) in [6, 6.07) is 10.1. The Morgan fingerprint density at radius 2 is 2.00 bits per heavy atom. The molecule has 0 aliphatic carbocycles. The molecule has 1 aromatic heterocycles. The molecular weight excluding hydrogens is 278 g/mol. The van der Waals surface area contributed by atoms with Crippen LogP contribution in [0.3, 0.4) is 0 Å². The van der Waals surface area contributed by atoms with Gasteiger partial charge in [0.1, 0.15) is 0 Å². The van der Waals surface area contributed by atoms with E-state index in [1.807, 2.05) is 43.7 Å². The minimum atomic E-state index is -0.0983. The van der Waals surface area contributed by atoms with E-state index in [1.54, 1.807) is 7.11 Å². The first kappa shape index (κ1) is 16.2. The Morgan fingerprint density at radius 1 is 1.32 bits per heavy atom. The number of carbonyl (C=O) groups is 1. The summed E-state index contributed by atoms with van der Waals surface area (Å²) >= 11 is 0. The minimum absolute atomic E-state index is 0.0335. The van der Waals surface area contributed by atoms with Crippen molar-refractivity contribution in [2.24, 2.45) is 0 Å². The second kappa shape index (κ2) is 7.22. The number of methoxy groups -OCH3 is 1. The van der Waals surface area contributed by atoms with E-state index in [1.165, 1.54) is 0 Å². The predicted octanol–water partition coefficient (Wildman–Crippen LogP) is 2.31. The maximum atomic E-state index is 12.4. The molecule has 1 amide bonds. The number of aryl methyl sites for hydroxylation is 1. The van der Waals surface area contributed by atoms with Gasteiger partial charge in [0.2, 0.25) is 0 Å². The van der Waals surface area contributed by atoms with Gasteiger partial charge in [-0.05, 0) is 26.3 Å². The second-order valence-corrected chi connectivity index (χ2v) is 5.52. The normalized spacial score (nSPS) is 12.2. The first-order valence-corrected chi connectivity index (χ1v) is 7.40. The van der Waals surface area contributed by atoms with E-state index >= 15 is 0 Å². The topological polar surface area (TPSA) is 56.1 Å². The van der Waals surface area contributed by atoms with E-state index in [-0.39, 0.29) is 11.9 Å². The van der Waals surface area contributed by atoms with Crippen LogP contribution in [0.1, 0.15) is 34.2 Å². The lowest BCUT2D eigenvalue weighted by Gasteiger charge is -2.13. The molecule has 2 rings (SSSR count). The Kier molecular flexibility index (Phi) is 5.33. The standard InChI is InChI=1S/C17H23N3O2/c1-12(11-22-4)18-17(21)16-13(2)19-20(14(16)3)10-15-8-6-5-7-9-15/h5-9,12H,10-11H2,1-4H3,(H,18,21). The Hall–Kier alpha value is -2.14. The minimum Gasteiger partial charge on any atom is -0.383 e. The van der Waals surface area contributed by atoms with Crippen LogP contribution in [0, 0.1) is 13.8 Å². The molecule has 0 aliphatic rings. The van der Waals surface area contributed by atoms with Crippen molar-refractivity contribution in [2.75, 3.05) is 13.7 Å². The lowest BCUT2D eigenvalue weighted by Crippen LogP contribution is -2.36. The zero-order valence-corrected chi connectivity index (χ0v) is 13.6. The van der Waals surface area contributed by atoms with Gasteiger partial charge in [-0.2, -0.15) is 5.10 Å².